The lowest BCUT2D eigenvalue weighted by Gasteiger charge is -2.19. The Morgan fingerprint density at radius 3 is 2.76 bits per heavy atom. The lowest BCUT2D eigenvalue weighted by Crippen LogP contribution is -2.28. The summed E-state index contributed by atoms with van der Waals surface area (Å²) >= 11 is 7.29. The Bertz CT molecular complexity index is 1240. The number of hydrogen-bond acceptors (Lipinski definition) is 6. The van der Waals surface area contributed by atoms with E-state index >= 15 is 0 Å². The molecule has 1 aliphatic heterocycles. The van der Waals surface area contributed by atoms with Crippen LogP contribution >= 0.6 is 22.9 Å². The van der Waals surface area contributed by atoms with Gasteiger partial charge < -0.3 is 15.5 Å². The molecular formula is C24H24ClN5O3S. The Balaban J connectivity index is 1.29. The van der Waals surface area contributed by atoms with E-state index in [1.165, 1.54) is 11.3 Å². The first-order chi connectivity index (χ1) is 16.3. The molecular weight excluding hydrogens is 474 g/mol. The summed E-state index contributed by atoms with van der Waals surface area (Å²) < 4.78 is 0. The van der Waals surface area contributed by atoms with E-state index in [9.17, 15) is 14.4 Å². The summed E-state index contributed by atoms with van der Waals surface area (Å²) in [6, 6.07) is 12.8. The van der Waals surface area contributed by atoms with Crippen molar-refractivity contribution in [2.45, 2.75) is 26.7 Å². The molecule has 0 saturated carbocycles. The lowest BCUT2D eigenvalue weighted by atomic mass is 10.1. The van der Waals surface area contributed by atoms with Crippen molar-refractivity contribution in [2.24, 2.45) is 5.92 Å². The maximum absolute atomic E-state index is 12.8. The number of rotatable bonds is 7. The fourth-order valence-corrected chi connectivity index (χ4v) is 4.73. The second-order valence-electron chi connectivity index (χ2n) is 8.17. The van der Waals surface area contributed by atoms with Crippen LogP contribution in [-0.4, -0.2) is 41.0 Å². The minimum atomic E-state index is -0.463. The molecule has 1 aromatic heterocycles. The Kier molecular flexibility index (Phi) is 7.23. The normalized spacial score (nSPS) is 15.4. The summed E-state index contributed by atoms with van der Waals surface area (Å²) in [6.45, 7) is 4.61. The van der Waals surface area contributed by atoms with Crippen LogP contribution in [0.2, 0.25) is 5.02 Å². The standard InChI is InChI=1S/C24H24ClN5O3S/c1-14-7-8-15(2)19(11-14)30-13-16(12-21(30)31)22(32)27-24-29-28-20(34-24)9-10-26-23(33)17-5-3-4-6-18(17)25/h3-8,11,16H,9-10,12-13H2,1-2H3,(H,26,33)(H,27,29,32). The first kappa shape index (κ1) is 23.8. The van der Waals surface area contributed by atoms with Gasteiger partial charge in [0.2, 0.25) is 16.9 Å². The van der Waals surface area contributed by atoms with E-state index < -0.39 is 5.92 Å². The first-order valence-corrected chi connectivity index (χ1v) is 12.0. The summed E-state index contributed by atoms with van der Waals surface area (Å²) in [4.78, 5) is 39.3. The zero-order chi connectivity index (χ0) is 24.2. The molecule has 2 aromatic carbocycles. The predicted octanol–water partition coefficient (Wildman–Crippen LogP) is 3.77. The third-order valence-electron chi connectivity index (χ3n) is 5.59. The highest BCUT2D eigenvalue weighted by Crippen LogP contribution is 2.29. The molecule has 10 heteroatoms. The van der Waals surface area contributed by atoms with Crippen molar-refractivity contribution in [3.05, 3.63) is 69.2 Å². The van der Waals surface area contributed by atoms with E-state index in [1.54, 1.807) is 29.2 Å². The van der Waals surface area contributed by atoms with Gasteiger partial charge in [-0.2, -0.15) is 0 Å². The van der Waals surface area contributed by atoms with Gasteiger partial charge in [0.25, 0.3) is 5.91 Å². The van der Waals surface area contributed by atoms with Gasteiger partial charge in [0, 0.05) is 31.6 Å². The molecule has 2 heterocycles. The van der Waals surface area contributed by atoms with Crippen LogP contribution in [0.5, 0.6) is 0 Å². The van der Waals surface area contributed by atoms with Crippen LogP contribution < -0.4 is 15.5 Å². The molecule has 1 fully saturated rings. The molecule has 8 nitrogen and oxygen atoms in total. The molecule has 1 unspecified atom stereocenters. The smallest absolute Gasteiger partial charge is 0.252 e. The molecule has 1 atom stereocenters. The SMILES string of the molecule is Cc1ccc(C)c(N2CC(C(=O)Nc3nnc(CCNC(=O)c4ccccc4Cl)s3)CC2=O)c1. The predicted molar refractivity (Wildman–Crippen MR) is 132 cm³/mol. The van der Waals surface area contributed by atoms with Gasteiger partial charge in [0.05, 0.1) is 16.5 Å². The van der Waals surface area contributed by atoms with Crippen molar-refractivity contribution in [2.75, 3.05) is 23.3 Å². The maximum Gasteiger partial charge on any atom is 0.252 e. The van der Waals surface area contributed by atoms with Crippen molar-refractivity contribution in [3.63, 3.8) is 0 Å². The van der Waals surface area contributed by atoms with E-state index in [4.69, 9.17) is 11.6 Å². The third kappa shape index (κ3) is 5.43. The molecule has 34 heavy (non-hydrogen) atoms. The molecule has 0 bridgehead atoms. The summed E-state index contributed by atoms with van der Waals surface area (Å²) in [5.74, 6) is -1.05. The van der Waals surface area contributed by atoms with Crippen molar-refractivity contribution in [1.29, 1.82) is 0 Å². The fraction of sp³-hybridized carbons (Fsp3) is 0.292. The van der Waals surface area contributed by atoms with Crippen LogP contribution in [0, 0.1) is 19.8 Å². The zero-order valence-electron chi connectivity index (χ0n) is 18.8. The van der Waals surface area contributed by atoms with E-state index in [0.717, 1.165) is 16.8 Å². The fourth-order valence-electron chi connectivity index (χ4n) is 3.76. The number of halogens is 1. The van der Waals surface area contributed by atoms with Crippen molar-refractivity contribution in [3.8, 4) is 0 Å². The highest BCUT2D eigenvalue weighted by Gasteiger charge is 2.36. The number of hydrogen-bond donors (Lipinski definition) is 2. The van der Waals surface area contributed by atoms with Crippen LogP contribution in [0.1, 0.15) is 32.9 Å². The Morgan fingerprint density at radius 2 is 1.97 bits per heavy atom. The molecule has 0 aliphatic carbocycles. The van der Waals surface area contributed by atoms with E-state index in [0.29, 0.717) is 40.2 Å². The van der Waals surface area contributed by atoms with Crippen LogP contribution in [0.15, 0.2) is 42.5 Å². The number of nitrogens with one attached hydrogen (secondary N) is 2. The Hall–Kier alpha value is -3.30. The number of carbonyl (C=O) groups excluding carboxylic acids is 3. The molecule has 1 aliphatic rings. The molecule has 4 rings (SSSR count). The molecule has 1 saturated heterocycles. The van der Waals surface area contributed by atoms with Gasteiger partial charge in [-0.25, -0.2) is 0 Å². The van der Waals surface area contributed by atoms with E-state index in [1.807, 2.05) is 32.0 Å². The second kappa shape index (κ2) is 10.3. The van der Waals surface area contributed by atoms with Gasteiger partial charge in [-0.05, 0) is 43.2 Å². The van der Waals surface area contributed by atoms with Crippen LogP contribution in [0.3, 0.4) is 0 Å². The summed E-state index contributed by atoms with van der Waals surface area (Å²) in [6.07, 6.45) is 0.616. The Labute approximate surface area is 206 Å². The molecule has 0 spiro atoms. The average Bonchev–Trinajstić information content (AvgIpc) is 3.42. The Morgan fingerprint density at radius 1 is 1.18 bits per heavy atom. The minimum Gasteiger partial charge on any atom is -0.352 e. The van der Waals surface area contributed by atoms with Crippen molar-refractivity contribution < 1.29 is 14.4 Å². The average molecular weight is 498 g/mol. The van der Waals surface area contributed by atoms with Gasteiger partial charge >= 0.3 is 0 Å². The minimum absolute atomic E-state index is 0.0685. The number of amides is 3. The second-order valence-corrected chi connectivity index (χ2v) is 9.64. The quantitative estimate of drug-likeness (QED) is 0.517. The van der Waals surface area contributed by atoms with Gasteiger partial charge in [0.15, 0.2) is 0 Å². The highest BCUT2D eigenvalue weighted by atomic mass is 35.5. The zero-order valence-corrected chi connectivity index (χ0v) is 20.4. The number of nitrogens with zero attached hydrogens (tertiary/aromatic N) is 3. The topological polar surface area (TPSA) is 104 Å². The van der Waals surface area contributed by atoms with E-state index in [2.05, 4.69) is 20.8 Å². The molecule has 0 radical (unpaired) electrons. The molecule has 2 N–H and O–H groups in total. The molecule has 3 aromatic rings. The van der Waals surface area contributed by atoms with Crippen LogP contribution in [0.4, 0.5) is 10.8 Å². The first-order valence-electron chi connectivity index (χ1n) is 10.9. The highest BCUT2D eigenvalue weighted by molar-refractivity contribution is 7.15. The summed E-state index contributed by atoms with van der Waals surface area (Å²) in [7, 11) is 0. The van der Waals surface area contributed by atoms with Crippen LogP contribution in [-0.2, 0) is 16.0 Å². The summed E-state index contributed by atoms with van der Waals surface area (Å²) in [5, 5.41) is 15.1. The number of carbonyl (C=O) groups is 3. The van der Waals surface area contributed by atoms with Gasteiger partial charge in [-0.3, -0.25) is 14.4 Å². The number of aromatic nitrogens is 2. The van der Waals surface area contributed by atoms with Crippen molar-refractivity contribution in [1.82, 2.24) is 15.5 Å². The number of anilines is 2. The number of benzene rings is 2. The maximum atomic E-state index is 12.8. The van der Waals surface area contributed by atoms with Gasteiger partial charge in [0.1, 0.15) is 5.01 Å². The molecule has 3 amide bonds. The monoisotopic (exact) mass is 497 g/mol. The number of aryl methyl sites for hydroxylation is 2. The van der Waals surface area contributed by atoms with Gasteiger partial charge in [-0.15, -0.1) is 10.2 Å². The summed E-state index contributed by atoms with van der Waals surface area (Å²) in [5.41, 5.74) is 3.31. The largest absolute Gasteiger partial charge is 0.352 e. The van der Waals surface area contributed by atoms with Gasteiger partial charge in [-0.1, -0.05) is 47.2 Å². The van der Waals surface area contributed by atoms with Crippen LogP contribution in [0.25, 0.3) is 0 Å². The lowest BCUT2D eigenvalue weighted by molar-refractivity contribution is -0.122. The molecule has 176 valence electrons. The van der Waals surface area contributed by atoms with E-state index in [-0.39, 0.29) is 24.1 Å². The van der Waals surface area contributed by atoms with Crippen molar-refractivity contribution >= 4 is 51.5 Å². The third-order valence-corrected chi connectivity index (χ3v) is 6.82.